The summed E-state index contributed by atoms with van der Waals surface area (Å²) in [4.78, 5) is 2.54. The van der Waals surface area contributed by atoms with E-state index in [4.69, 9.17) is 0 Å². The van der Waals surface area contributed by atoms with E-state index in [9.17, 15) is 0 Å². The van der Waals surface area contributed by atoms with Crippen molar-refractivity contribution < 1.29 is 0 Å². The van der Waals surface area contributed by atoms with Crippen LogP contribution in [-0.4, -0.2) is 0 Å². The first-order valence-corrected chi connectivity index (χ1v) is 19.3. The predicted molar refractivity (Wildman–Crippen MR) is 227 cm³/mol. The highest BCUT2D eigenvalue weighted by atomic mass is 15.1. The van der Waals surface area contributed by atoms with Gasteiger partial charge in [0.05, 0.1) is 11.1 Å². The first-order valence-electron chi connectivity index (χ1n) is 19.3. The van der Waals surface area contributed by atoms with Crippen molar-refractivity contribution in [3.05, 3.63) is 221 Å². The van der Waals surface area contributed by atoms with Crippen LogP contribution >= 0.6 is 0 Å². The molecular formula is C53H43N. The minimum Gasteiger partial charge on any atom is -0.310 e. The Morgan fingerprint density at radius 2 is 1.06 bits per heavy atom. The molecule has 0 amide bonds. The van der Waals surface area contributed by atoms with Gasteiger partial charge in [0.2, 0.25) is 0 Å². The summed E-state index contributed by atoms with van der Waals surface area (Å²) in [7, 11) is 0. The van der Waals surface area contributed by atoms with E-state index in [-0.39, 0.29) is 11.3 Å². The number of fused-ring (bicyclic) bond motifs is 11. The van der Waals surface area contributed by atoms with E-state index in [1.54, 1.807) is 0 Å². The largest absolute Gasteiger partial charge is 0.310 e. The van der Waals surface area contributed by atoms with Crippen LogP contribution in [0.4, 0.5) is 17.1 Å². The summed E-state index contributed by atoms with van der Waals surface area (Å²) in [5.41, 5.74) is 19.0. The molecule has 0 aliphatic heterocycles. The average Bonchev–Trinajstić information content (AvgIpc) is 3.69. The lowest BCUT2D eigenvalue weighted by Crippen LogP contribution is -2.26. The van der Waals surface area contributed by atoms with Crippen molar-refractivity contribution in [2.75, 3.05) is 4.90 Å². The molecule has 3 aliphatic carbocycles. The quantitative estimate of drug-likeness (QED) is 0.177. The maximum absolute atomic E-state index is 2.54. The lowest BCUT2D eigenvalue weighted by atomic mass is 9.70. The molecule has 1 spiro atoms. The highest BCUT2D eigenvalue weighted by Gasteiger charge is 2.51. The molecular weight excluding hydrogens is 651 g/mol. The van der Waals surface area contributed by atoms with Crippen molar-refractivity contribution in [2.24, 2.45) is 0 Å². The Hall–Kier alpha value is -6.18. The molecule has 3 aliphatic rings. The van der Waals surface area contributed by atoms with Crippen molar-refractivity contribution in [3.8, 4) is 33.4 Å². The van der Waals surface area contributed by atoms with Crippen LogP contribution in [0.5, 0.6) is 0 Å². The third-order valence-electron chi connectivity index (χ3n) is 12.2. The van der Waals surface area contributed by atoms with Crippen molar-refractivity contribution >= 4 is 17.1 Å². The molecule has 1 atom stereocenters. The molecule has 0 radical (unpaired) electrons. The smallest absolute Gasteiger partial charge is 0.0726 e. The van der Waals surface area contributed by atoms with Crippen LogP contribution in [-0.2, 0) is 10.8 Å². The standard InChI is InChI=1S/C53H43N/c1-36-17-6-5-15-34-52(2,3)51-41(36)23-16-27-50(51)54(39-30-28-38(29-31-39)37-18-7-4-8-19-37)40-32-33-45-44-22-11-14-26-48(44)53(49(45)35-40)46-24-12-9-20-42(46)43-21-10-13-25-47(43)53/h4-33,35-36H,34H2,1-3H3/b15-5-,17-6-. The van der Waals surface area contributed by atoms with Gasteiger partial charge in [-0.2, -0.15) is 0 Å². The van der Waals surface area contributed by atoms with Gasteiger partial charge < -0.3 is 4.90 Å². The zero-order valence-corrected chi connectivity index (χ0v) is 31.1. The Morgan fingerprint density at radius 3 is 1.70 bits per heavy atom. The van der Waals surface area contributed by atoms with Gasteiger partial charge in [0.25, 0.3) is 0 Å². The number of rotatable bonds is 4. The fourth-order valence-corrected chi connectivity index (χ4v) is 9.82. The summed E-state index contributed by atoms with van der Waals surface area (Å²) in [6.07, 6.45) is 10.1. The number of hydrogen-bond acceptors (Lipinski definition) is 1. The van der Waals surface area contributed by atoms with Crippen LogP contribution in [0.25, 0.3) is 33.4 Å². The van der Waals surface area contributed by atoms with Crippen molar-refractivity contribution in [1.29, 1.82) is 0 Å². The minimum absolute atomic E-state index is 0.109. The second-order valence-electron chi connectivity index (χ2n) is 15.8. The van der Waals surface area contributed by atoms with Crippen molar-refractivity contribution in [1.82, 2.24) is 0 Å². The molecule has 1 nitrogen and oxygen atoms in total. The molecule has 1 unspecified atom stereocenters. The summed E-state index contributed by atoms with van der Waals surface area (Å²) in [5.74, 6) is 0.272. The second kappa shape index (κ2) is 12.5. The van der Waals surface area contributed by atoms with Gasteiger partial charge in [-0.1, -0.05) is 179 Å². The second-order valence-corrected chi connectivity index (χ2v) is 15.8. The summed E-state index contributed by atoms with van der Waals surface area (Å²) in [6, 6.07) is 61.3. The Bertz CT molecular complexity index is 2560. The normalized spacial score (nSPS) is 17.9. The molecule has 10 rings (SSSR count). The van der Waals surface area contributed by atoms with Gasteiger partial charge in [-0.25, -0.2) is 0 Å². The van der Waals surface area contributed by atoms with Gasteiger partial charge in [0, 0.05) is 11.4 Å². The van der Waals surface area contributed by atoms with E-state index in [1.165, 1.54) is 72.4 Å². The fraction of sp³-hybridized carbons (Fsp3) is 0.132. The molecule has 260 valence electrons. The minimum atomic E-state index is -0.412. The first-order chi connectivity index (χ1) is 26.5. The highest BCUT2D eigenvalue weighted by Crippen LogP contribution is 2.63. The maximum Gasteiger partial charge on any atom is 0.0726 e. The number of nitrogens with zero attached hydrogens (tertiary/aromatic N) is 1. The van der Waals surface area contributed by atoms with E-state index >= 15 is 0 Å². The van der Waals surface area contributed by atoms with Gasteiger partial charge in [0.1, 0.15) is 0 Å². The van der Waals surface area contributed by atoms with Crippen LogP contribution in [0.1, 0.15) is 66.5 Å². The lowest BCUT2D eigenvalue weighted by molar-refractivity contribution is 0.528. The molecule has 0 saturated heterocycles. The third kappa shape index (κ3) is 4.78. The number of anilines is 3. The van der Waals surface area contributed by atoms with Crippen LogP contribution < -0.4 is 4.90 Å². The SMILES string of the molecule is CC1/C=C\C=C/CC(C)(C)c2c1cccc2N(c1ccc(-c2ccccc2)cc1)c1ccc2c(c1)C1(c3ccccc3-c3ccccc31)c1ccccc1-2. The lowest BCUT2D eigenvalue weighted by Gasteiger charge is -2.37. The molecule has 0 bridgehead atoms. The Morgan fingerprint density at radius 1 is 0.500 bits per heavy atom. The van der Waals surface area contributed by atoms with Gasteiger partial charge in [-0.15, -0.1) is 0 Å². The Balaban J connectivity index is 1.25. The number of benzene rings is 7. The monoisotopic (exact) mass is 693 g/mol. The third-order valence-corrected chi connectivity index (χ3v) is 12.2. The van der Waals surface area contributed by atoms with Gasteiger partial charge >= 0.3 is 0 Å². The zero-order chi connectivity index (χ0) is 36.4. The van der Waals surface area contributed by atoms with E-state index in [1.807, 2.05) is 0 Å². The first kappa shape index (κ1) is 32.5. The van der Waals surface area contributed by atoms with Crippen molar-refractivity contribution in [2.45, 2.75) is 43.9 Å². The summed E-state index contributed by atoms with van der Waals surface area (Å²) in [6.45, 7) is 7.16. The van der Waals surface area contributed by atoms with Gasteiger partial charge in [-0.05, 0) is 115 Å². The Kier molecular flexibility index (Phi) is 7.49. The van der Waals surface area contributed by atoms with Crippen LogP contribution in [0, 0.1) is 0 Å². The zero-order valence-electron chi connectivity index (χ0n) is 31.1. The molecule has 7 aromatic rings. The molecule has 54 heavy (non-hydrogen) atoms. The summed E-state index contributed by atoms with van der Waals surface area (Å²) in [5, 5.41) is 0. The summed E-state index contributed by atoms with van der Waals surface area (Å²) >= 11 is 0. The molecule has 0 heterocycles. The van der Waals surface area contributed by atoms with Crippen molar-refractivity contribution in [3.63, 3.8) is 0 Å². The number of allylic oxidation sites excluding steroid dienone is 4. The topological polar surface area (TPSA) is 3.24 Å². The molecule has 0 saturated carbocycles. The maximum atomic E-state index is 2.54. The van der Waals surface area contributed by atoms with Gasteiger partial charge in [-0.3, -0.25) is 0 Å². The Labute approximate surface area is 319 Å². The summed E-state index contributed by atoms with van der Waals surface area (Å²) < 4.78 is 0. The van der Waals surface area contributed by atoms with E-state index in [0.29, 0.717) is 0 Å². The van der Waals surface area contributed by atoms with E-state index < -0.39 is 5.41 Å². The predicted octanol–water partition coefficient (Wildman–Crippen LogP) is 14.1. The molecule has 0 N–H and O–H groups in total. The molecule has 0 aromatic heterocycles. The highest BCUT2D eigenvalue weighted by molar-refractivity contribution is 5.96. The van der Waals surface area contributed by atoms with Crippen LogP contribution in [0.2, 0.25) is 0 Å². The fourth-order valence-electron chi connectivity index (χ4n) is 9.82. The average molecular weight is 694 g/mol. The molecule has 1 heteroatoms. The van der Waals surface area contributed by atoms with E-state index in [0.717, 1.165) is 17.8 Å². The molecule has 7 aromatic carbocycles. The number of hydrogen-bond donors (Lipinski definition) is 0. The molecule has 0 fully saturated rings. The van der Waals surface area contributed by atoms with Gasteiger partial charge in [0.15, 0.2) is 0 Å². The van der Waals surface area contributed by atoms with E-state index in [2.05, 4.69) is 214 Å². The van der Waals surface area contributed by atoms with Crippen LogP contribution in [0.3, 0.4) is 0 Å². The van der Waals surface area contributed by atoms with Crippen LogP contribution in [0.15, 0.2) is 188 Å².